The highest BCUT2D eigenvalue weighted by molar-refractivity contribution is 7.81. The van der Waals surface area contributed by atoms with Gasteiger partial charge in [-0.05, 0) is 69.0 Å². The van der Waals surface area contributed by atoms with Gasteiger partial charge in [-0.2, -0.15) is 0 Å². The van der Waals surface area contributed by atoms with Crippen LogP contribution in [0.4, 0.5) is 5.69 Å². The number of allylic oxidation sites excluding steroid dienone is 2. The molecular weight excluding hydrogens is 517 g/mol. The number of aliphatic hydroxyl groups is 1. The fourth-order valence-electron chi connectivity index (χ4n) is 3.95. The Morgan fingerprint density at radius 2 is 1.83 bits per heavy atom. The second kappa shape index (κ2) is 16.4. The predicted octanol–water partition coefficient (Wildman–Crippen LogP) is 5.66. The number of unbranched alkanes of at least 4 members (excludes halogenated alkanes) is 3. The van der Waals surface area contributed by atoms with Crippen LogP contribution in [-0.4, -0.2) is 60.2 Å². The molecule has 4 N–H and O–H groups in total. The molecule has 1 atom stereocenters. The van der Waals surface area contributed by atoms with Gasteiger partial charge in [0.1, 0.15) is 0 Å². The van der Waals surface area contributed by atoms with Crippen LogP contribution in [0.1, 0.15) is 64.0 Å². The number of amides is 1. The highest BCUT2D eigenvalue weighted by Crippen LogP contribution is 2.31. The number of thiocarbonyl (C=S) groups is 1. The lowest BCUT2D eigenvalue weighted by Crippen LogP contribution is -2.34. The highest BCUT2D eigenvalue weighted by Gasteiger charge is 2.21. The summed E-state index contributed by atoms with van der Waals surface area (Å²) < 4.78 is 5.81. The number of ether oxygens (including phenoxy) is 1. The van der Waals surface area contributed by atoms with E-state index in [1.807, 2.05) is 19.9 Å². The summed E-state index contributed by atoms with van der Waals surface area (Å²) in [7, 11) is 0. The molecule has 9 heteroatoms. The molecular formula is C27H39Cl2N3O3S. The largest absolute Gasteiger partial charge is 0.396 e. The van der Waals surface area contributed by atoms with Gasteiger partial charge in [-0.25, -0.2) is 0 Å². The van der Waals surface area contributed by atoms with Gasteiger partial charge in [0.15, 0.2) is 0 Å². The number of nitrogens with one attached hydrogen (secondary N) is 1. The Bertz CT molecular complexity index is 925. The zero-order chi connectivity index (χ0) is 26.5. The fraction of sp³-hybridized carbons (Fsp3) is 0.556. The van der Waals surface area contributed by atoms with Crippen LogP contribution in [0.15, 0.2) is 35.4 Å². The van der Waals surface area contributed by atoms with Gasteiger partial charge in [-0.3, -0.25) is 4.79 Å². The molecule has 1 unspecified atom stereocenters. The monoisotopic (exact) mass is 555 g/mol. The standard InChI is InChI=1S/C27H39Cl2N3O3S/c1-3-32(4-2)27(34)21-15-19(9-10-25(21)36)11-14-35-13-8-6-5-7-12-31-18-24(33)20-16-22(28)26(30)23(29)17-20/h9,15-17,24,31,33H,3-8,10-14,18,30H2,1-2H3. The van der Waals surface area contributed by atoms with Crippen molar-refractivity contribution in [1.82, 2.24) is 10.2 Å². The summed E-state index contributed by atoms with van der Waals surface area (Å²) in [5.41, 5.74) is 8.50. The number of carbonyl (C=O) groups excluding carboxylic acids is 1. The molecule has 0 fully saturated rings. The average Bonchev–Trinajstić information content (AvgIpc) is 2.86. The molecule has 0 aliphatic heterocycles. The number of nitrogens with zero attached hydrogens (tertiary/aromatic N) is 1. The Hall–Kier alpha value is -1.48. The second-order valence-corrected chi connectivity index (χ2v) is 10.1. The molecule has 0 radical (unpaired) electrons. The molecule has 1 aromatic rings. The third-order valence-corrected chi connectivity index (χ3v) is 7.22. The molecule has 0 saturated carbocycles. The van der Waals surface area contributed by atoms with E-state index >= 15 is 0 Å². The number of rotatable bonds is 16. The van der Waals surface area contributed by atoms with Crippen molar-refractivity contribution in [3.05, 3.63) is 51.0 Å². The Morgan fingerprint density at radius 3 is 2.50 bits per heavy atom. The van der Waals surface area contributed by atoms with E-state index in [1.165, 1.54) is 0 Å². The summed E-state index contributed by atoms with van der Waals surface area (Å²) in [4.78, 5) is 15.2. The molecule has 0 spiro atoms. The number of carbonyl (C=O) groups is 1. The average molecular weight is 557 g/mol. The topological polar surface area (TPSA) is 87.8 Å². The molecule has 2 rings (SSSR count). The third kappa shape index (κ3) is 9.77. The summed E-state index contributed by atoms with van der Waals surface area (Å²) in [6.07, 6.45) is 9.00. The molecule has 0 bridgehead atoms. The fourth-order valence-corrected chi connectivity index (χ4v) is 4.68. The zero-order valence-corrected chi connectivity index (χ0v) is 23.7. The van der Waals surface area contributed by atoms with Crippen molar-refractivity contribution in [1.29, 1.82) is 0 Å². The number of hydrogen-bond donors (Lipinski definition) is 3. The van der Waals surface area contributed by atoms with Crippen molar-refractivity contribution in [2.45, 2.75) is 58.5 Å². The van der Waals surface area contributed by atoms with E-state index in [9.17, 15) is 9.90 Å². The minimum Gasteiger partial charge on any atom is -0.396 e. The van der Waals surface area contributed by atoms with Crippen molar-refractivity contribution in [3.8, 4) is 0 Å². The van der Waals surface area contributed by atoms with E-state index in [2.05, 4.69) is 11.4 Å². The summed E-state index contributed by atoms with van der Waals surface area (Å²) in [5, 5.41) is 14.3. The van der Waals surface area contributed by atoms with Crippen LogP contribution in [0.5, 0.6) is 0 Å². The van der Waals surface area contributed by atoms with Crippen LogP contribution < -0.4 is 11.1 Å². The summed E-state index contributed by atoms with van der Waals surface area (Å²) in [5.74, 6) is 0.0274. The van der Waals surface area contributed by atoms with Gasteiger partial charge in [-0.15, -0.1) is 0 Å². The first-order valence-electron chi connectivity index (χ1n) is 12.7. The van der Waals surface area contributed by atoms with Crippen LogP contribution in [0.3, 0.4) is 0 Å². The van der Waals surface area contributed by atoms with Crippen LogP contribution >= 0.6 is 35.4 Å². The maximum absolute atomic E-state index is 12.7. The van der Waals surface area contributed by atoms with Crippen LogP contribution in [0.2, 0.25) is 10.0 Å². The number of nitrogens with two attached hydrogens (primary N) is 1. The van der Waals surface area contributed by atoms with Gasteiger partial charge in [-0.1, -0.05) is 54.3 Å². The number of aliphatic hydroxyl groups excluding tert-OH is 1. The summed E-state index contributed by atoms with van der Waals surface area (Å²) >= 11 is 17.5. The van der Waals surface area contributed by atoms with E-state index in [-0.39, 0.29) is 5.91 Å². The number of likely N-dealkylation sites (N-methyl/N-ethyl adjacent to an activating group) is 1. The van der Waals surface area contributed by atoms with E-state index in [0.717, 1.165) is 55.7 Å². The number of nitrogen functional groups attached to an aromatic ring is 1. The maximum Gasteiger partial charge on any atom is 0.254 e. The molecule has 6 nitrogen and oxygen atoms in total. The third-order valence-electron chi connectivity index (χ3n) is 6.21. The highest BCUT2D eigenvalue weighted by atomic mass is 35.5. The number of halogens is 2. The normalized spacial score (nSPS) is 14.4. The predicted molar refractivity (Wildman–Crippen MR) is 154 cm³/mol. The molecule has 0 aromatic heterocycles. The molecule has 36 heavy (non-hydrogen) atoms. The Labute approximate surface area is 230 Å². The minimum atomic E-state index is -0.690. The minimum absolute atomic E-state index is 0.0274. The van der Waals surface area contributed by atoms with Gasteiger partial charge in [0.25, 0.3) is 5.91 Å². The molecule has 0 saturated heterocycles. The van der Waals surface area contributed by atoms with Crippen molar-refractivity contribution in [2.75, 3.05) is 45.1 Å². The quantitative estimate of drug-likeness (QED) is 0.138. The molecule has 200 valence electrons. The summed E-state index contributed by atoms with van der Waals surface area (Å²) in [6.45, 7) is 7.95. The van der Waals surface area contributed by atoms with Crippen LogP contribution in [0.25, 0.3) is 0 Å². The number of anilines is 1. The molecule has 1 aliphatic rings. The SMILES string of the molecule is CCN(CC)C(=O)C1=CC(CCOCCCCCCNCC(O)c2cc(Cl)c(N)c(Cl)c2)=CCC1=S. The number of benzene rings is 1. The van der Waals surface area contributed by atoms with Crippen molar-refractivity contribution in [3.63, 3.8) is 0 Å². The van der Waals surface area contributed by atoms with Gasteiger partial charge in [0.2, 0.25) is 0 Å². The maximum atomic E-state index is 12.7. The van der Waals surface area contributed by atoms with Crippen molar-refractivity contribution < 1.29 is 14.6 Å². The smallest absolute Gasteiger partial charge is 0.254 e. The first-order chi connectivity index (χ1) is 17.3. The Kier molecular flexibility index (Phi) is 14.0. The molecule has 1 amide bonds. The van der Waals surface area contributed by atoms with Crippen molar-refractivity contribution in [2.24, 2.45) is 0 Å². The van der Waals surface area contributed by atoms with Gasteiger partial charge in [0.05, 0.1) is 34.0 Å². The van der Waals surface area contributed by atoms with Crippen LogP contribution in [0, 0.1) is 0 Å². The molecule has 0 heterocycles. The van der Waals surface area contributed by atoms with E-state index in [4.69, 9.17) is 45.9 Å². The Balaban J connectivity index is 1.54. The lowest BCUT2D eigenvalue weighted by atomic mass is 9.96. The van der Waals surface area contributed by atoms with Gasteiger partial charge in [0, 0.05) is 37.5 Å². The van der Waals surface area contributed by atoms with Crippen LogP contribution in [-0.2, 0) is 9.53 Å². The van der Waals surface area contributed by atoms with Crippen molar-refractivity contribution >= 4 is 51.9 Å². The number of hydrogen-bond acceptors (Lipinski definition) is 6. The molecule has 1 aromatic carbocycles. The summed E-state index contributed by atoms with van der Waals surface area (Å²) in [6, 6.07) is 3.30. The first-order valence-corrected chi connectivity index (χ1v) is 13.9. The lowest BCUT2D eigenvalue weighted by Gasteiger charge is -2.22. The van der Waals surface area contributed by atoms with Gasteiger partial charge >= 0.3 is 0 Å². The van der Waals surface area contributed by atoms with E-state index in [0.29, 0.717) is 59.5 Å². The molecule has 1 aliphatic carbocycles. The first kappa shape index (κ1) is 30.7. The Morgan fingerprint density at radius 1 is 1.17 bits per heavy atom. The second-order valence-electron chi connectivity index (χ2n) is 8.84. The van der Waals surface area contributed by atoms with E-state index < -0.39 is 6.10 Å². The lowest BCUT2D eigenvalue weighted by molar-refractivity contribution is -0.126. The van der Waals surface area contributed by atoms with E-state index in [1.54, 1.807) is 17.0 Å². The zero-order valence-electron chi connectivity index (χ0n) is 21.3. The van der Waals surface area contributed by atoms with Gasteiger partial charge < -0.3 is 25.8 Å².